The number of rotatable bonds is 4. The zero-order valence-electron chi connectivity index (χ0n) is 17.4. The van der Waals surface area contributed by atoms with Crippen LogP contribution in [0.15, 0.2) is 42.5 Å². The fraction of sp³-hybridized carbons (Fsp3) is 0.348. The van der Waals surface area contributed by atoms with E-state index in [-0.39, 0.29) is 23.6 Å². The molecule has 1 saturated carbocycles. The maximum atomic E-state index is 13.1. The highest BCUT2D eigenvalue weighted by atomic mass is 19.4. The van der Waals surface area contributed by atoms with Gasteiger partial charge in [0.15, 0.2) is 0 Å². The highest BCUT2D eigenvalue weighted by Gasteiger charge is 2.52. The van der Waals surface area contributed by atoms with Crippen molar-refractivity contribution in [3.8, 4) is 0 Å². The van der Waals surface area contributed by atoms with E-state index in [9.17, 15) is 27.6 Å². The van der Waals surface area contributed by atoms with Crippen LogP contribution in [0.2, 0.25) is 0 Å². The van der Waals surface area contributed by atoms with Crippen molar-refractivity contribution in [1.29, 1.82) is 0 Å². The molecule has 9 heteroatoms. The van der Waals surface area contributed by atoms with Crippen molar-refractivity contribution in [3.05, 3.63) is 64.7 Å². The van der Waals surface area contributed by atoms with Crippen LogP contribution in [-0.2, 0) is 17.5 Å². The summed E-state index contributed by atoms with van der Waals surface area (Å²) < 4.78 is 39.3. The van der Waals surface area contributed by atoms with Crippen LogP contribution in [0.1, 0.15) is 52.7 Å². The van der Waals surface area contributed by atoms with Gasteiger partial charge in [-0.25, -0.2) is 9.69 Å². The van der Waals surface area contributed by atoms with Crippen molar-refractivity contribution in [3.63, 3.8) is 0 Å². The predicted octanol–water partition coefficient (Wildman–Crippen LogP) is 4.31. The molecule has 6 nitrogen and oxygen atoms in total. The summed E-state index contributed by atoms with van der Waals surface area (Å²) in [6, 6.07) is 9.55. The summed E-state index contributed by atoms with van der Waals surface area (Å²) in [7, 11) is 0. The molecule has 2 aromatic rings. The van der Waals surface area contributed by atoms with Crippen LogP contribution < -0.4 is 15.5 Å². The molecule has 0 radical (unpaired) electrons. The molecule has 2 fully saturated rings. The van der Waals surface area contributed by atoms with Crippen molar-refractivity contribution in [2.75, 3.05) is 4.90 Å². The number of imide groups is 1. The third kappa shape index (κ3) is 3.94. The number of alkyl halides is 3. The molecule has 1 saturated heterocycles. The number of nitrogens with one attached hydrogen (secondary N) is 2. The second-order valence-corrected chi connectivity index (χ2v) is 8.24. The molecule has 1 aliphatic carbocycles. The minimum absolute atomic E-state index is 0.0245. The molecule has 1 spiro atoms. The first-order valence-corrected chi connectivity index (χ1v) is 10.3. The van der Waals surface area contributed by atoms with Gasteiger partial charge in [-0.3, -0.25) is 9.59 Å². The Bertz CT molecular complexity index is 1090. The number of anilines is 1. The smallest absolute Gasteiger partial charge is 0.348 e. The number of carbonyl (C=O) groups is 3. The Hall–Kier alpha value is -3.36. The van der Waals surface area contributed by atoms with E-state index in [1.54, 1.807) is 24.3 Å². The first-order valence-electron chi connectivity index (χ1n) is 10.3. The first kappa shape index (κ1) is 21.9. The molecule has 0 aromatic heterocycles. The molecule has 4 rings (SSSR count). The van der Waals surface area contributed by atoms with E-state index in [2.05, 4.69) is 10.6 Å². The van der Waals surface area contributed by atoms with Gasteiger partial charge in [0, 0.05) is 12.1 Å². The minimum atomic E-state index is -4.55. The fourth-order valence-electron chi connectivity index (χ4n) is 4.33. The number of amides is 4. The fourth-order valence-corrected chi connectivity index (χ4v) is 4.33. The van der Waals surface area contributed by atoms with Gasteiger partial charge in [0.25, 0.3) is 11.8 Å². The number of hydrogen-bond donors (Lipinski definition) is 2. The summed E-state index contributed by atoms with van der Waals surface area (Å²) in [5.41, 5.74) is -0.758. The van der Waals surface area contributed by atoms with Crippen LogP contribution in [0.5, 0.6) is 0 Å². The summed E-state index contributed by atoms with van der Waals surface area (Å²) in [5.74, 6) is -0.929. The Labute approximate surface area is 182 Å². The van der Waals surface area contributed by atoms with Gasteiger partial charge in [0.05, 0.1) is 11.3 Å². The summed E-state index contributed by atoms with van der Waals surface area (Å²) in [6.07, 6.45) is -1.57. The zero-order chi connectivity index (χ0) is 23.1. The monoisotopic (exact) mass is 445 g/mol. The summed E-state index contributed by atoms with van der Waals surface area (Å²) in [4.78, 5) is 38.9. The minimum Gasteiger partial charge on any atom is -0.348 e. The molecule has 0 atom stereocenters. The van der Waals surface area contributed by atoms with Gasteiger partial charge in [-0.15, -0.1) is 0 Å². The molecule has 2 aliphatic rings. The number of aryl methyl sites for hydroxylation is 1. The Morgan fingerprint density at radius 2 is 1.84 bits per heavy atom. The van der Waals surface area contributed by atoms with E-state index in [1.807, 2.05) is 0 Å². The average Bonchev–Trinajstić information content (AvgIpc) is 3.30. The maximum Gasteiger partial charge on any atom is 0.416 e. The van der Waals surface area contributed by atoms with Gasteiger partial charge in [-0.1, -0.05) is 31.0 Å². The van der Waals surface area contributed by atoms with Crippen LogP contribution in [0.25, 0.3) is 0 Å². The number of benzene rings is 2. The van der Waals surface area contributed by atoms with Gasteiger partial charge < -0.3 is 10.6 Å². The third-order valence-electron chi connectivity index (χ3n) is 6.05. The molecule has 0 bridgehead atoms. The van der Waals surface area contributed by atoms with E-state index in [0.717, 1.165) is 23.8 Å². The molecule has 2 N–H and O–H groups in total. The van der Waals surface area contributed by atoms with Crippen LogP contribution in [-0.4, -0.2) is 23.4 Å². The van der Waals surface area contributed by atoms with Gasteiger partial charge in [-0.2, -0.15) is 13.2 Å². The van der Waals surface area contributed by atoms with Crippen molar-refractivity contribution in [2.24, 2.45) is 0 Å². The molecule has 4 amide bonds. The van der Waals surface area contributed by atoms with E-state index < -0.39 is 29.2 Å². The van der Waals surface area contributed by atoms with Gasteiger partial charge in [0.2, 0.25) is 0 Å². The molecule has 168 valence electrons. The Morgan fingerprint density at radius 1 is 1.12 bits per heavy atom. The summed E-state index contributed by atoms with van der Waals surface area (Å²) >= 11 is 0. The van der Waals surface area contributed by atoms with Gasteiger partial charge in [0.1, 0.15) is 5.54 Å². The van der Waals surface area contributed by atoms with Crippen molar-refractivity contribution < 1.29 is 27.6 Å². The molecule has 1 aliphatic heterocycles. The Morgan fingerprint density at radius 3 is 2.53 bits per heavy atom. The zero-order valence-corrected chi connectivity index (χ0v) is 17.4. The van der Waals surface area contributed by atoms with Gasteiger partial charge >= 0.3 is 12.2 Å². The SMILES string of the molecule is Cc1ccc(C(=O)NCc2cccc(N3C(=O)NC4(CCCC4)C3=O)c2)cc1C(F)(F)F. The number of hydrogen-bond acceptors (Lipinski definition) is 3. The Balaban J connectivity index is 1.48. The van der Waals surface area contributed by atoms with E-state index in [0.29, 0.717) is 24.1 Å². The van der Waals surface area contributed by atoms with Crippen molar-refractivity contribution in [2.45, 2.75) is 50.9 Å². The lowest BCUT2D eigenvalue weighted by molar-refractivity contribution is -0.138. The molecular weight excluding hydrogens is 423 g/mol. The normalized spacial score (nSPS) is 17.7. The predicted molar refractivity (Wildman–Crippen MR) is 111 cm³/mol. The van der Waals surface area contributed by atoms with E-state index >= 15 is 0 Å². The summed E-state index contributed by atoms with van der Waals surface area (Å²) in [5, 5.41) is 5.41. The standard InChI is InChI=1S/C23H22F3N3O3/c1-14-7-8-16(12-18(14)23(24,25)26)19(30)27-13-15-5-4-6-17(11-15)29-20(31)22(28-21(29)32)9-2-3-10-22/h4-8,11-12H,2-3,9-10,13H2,1H3,(H,27,30)(H,28,32). The van der Waals surface area contributed by atoms with Crippen LogP contribution >= 0.6 is 0 Å². The van der Waals surface area contributed by atoms with Gasteiger partial charge in [-0.05, 0) is 55.2 Å². The molecule has 0 unspecified atom stereocenters. The molecular formula is C23H22F3N3O3. The van der Waals surface area contributed by atoms with E-state index in [1.165, 1.54) is 19.1 Å². The largest absolute Gasteiger partial charge is 0.416 e. The molecule has 1 heterocycles. The van der Waals surface area contributed by atoms with Crippen molar-refractivity contribution >= 4 is 23.5 Å². The average molecular weight is 445 g/mol. The molecule has 32 heavy (non-hydrogen) atoms. The van der Waals surface area contributed by atoms with Crippen LogP contribution in [0.4, 0.5) is 23.7 Å². The number of urea groups is 1. The van der Waals surface area contributed by atoms with E-state index in [4.69, 9.17) is 0 Å². The lowest BCUT2D eigenvalue weighted by atomic mass is 9.98. The lowest BCUT2D eigenvalue weighted by Gasteiger charge is -2.20. The number of nitrogens with zero attached hydrogens (tertiary/aromatic N) is 1. The van der Waals surface area contributed by atoms with Crippen molar-refractivity contribution in [1.82, 2.24) is 10.6 Å². The Kier molecular flexibility index (Phi) is 5.44. The lowest BCUT2D eigenvalue weighted by Crippen LogP contribution is -2.44. The maximum absolute atomic E-state index is 13.1. The second-order valence-electron chi connectivity index (χ2n) is 8.24. The summed E-state index contributed by atoms with van der Waals surface area (Å²) in [6.45, 7) is 1.36. The van der Waals surface area contributed by atoms with Crippen LogP contribution in [0, 0.1) is 6.92 Å². The second kappa shape index (κ2) is 7.96. The topological polar surface area (TPSA) is 78.5 Å². The third-order valence-corrected chi connectivity index (χ3v) is 6.05. The van der Waals surface area contributed by atoms with Crippen LogP contribution in [0.3, 0.4) is 0 Å². The highest BCUT2D eigenvalue weighted by Crippen LogP contribution is 2.37. The first-order chi connectivity index (χ1) is 15.1. The number of carbonyl (C=O) groups excluding carboxylic acids is 3. The number of halogens is 3. The highest BCUT2D eigenvalue weighted by molar-refractivity contribution is 6.23. The molecule has 2 aromatic carbocycles. The quantitative estimate of drug-likeness (QED) is 0.689.